The fraction of sp³-hybridized carbons (Fsp3) is 0.833. The second-order valence-electron chi connectivity index (χ2n) is 5.07. The quantitative estimate of drug-likeness (QED) is 0.586. The maximum atomic E-state index is 11.8. The molecular weight excluding hydrogens is 284 g/mol. The van der Waals surface area contributed by atoms with Gasteiger partial charge >= 0.3 is 5.97 Å². The van der Waals surface area contributed by atoms with Crippen LogP contribution in [0, 0.1) is 0 Å². The average molecular weight is 306 g/mol. The van der Waals surface area contributed by atoms with Crippen LogP contribution in [0.3, 0.4) is 0 Å². The zero-order valence-electron chi connectivity index (χ0n) is 11.6. The van der Waals surface area contributed by atoms with Crippen LogP contribution < -0.4 is 10.6 Å². The Hall–Kier alpha value is -1.15. The van der Waals surface area contributed by atoms with E-state index in [1.54, 1.807) is 0 Å². The second-order valence-corrected chi connectivity index (χ2v) is 7.30. The summed E-state index contributed by atoms with van der Waals surface area (Å²) in [6, 6.07) is -1.34. The zero-order chi connectivity index (χ0) is 15.2. The Labute approximate surface area is 119 Å². The SMILES string of the molecule is CCCCC(NC(=O)CC1CS(=O)(=O)CCN1)C(=O)O. The molecule has 0 aliphatic carbocycles. The lowest BCUT2D eigenvalue weighted by molar-refractivity contribution is -0.142. The van der Waals surface area contributed by atoms with Gasteiger partial charge in [0.05, 0.1) is 11.5 Å². The molecule has 0 aromatic heterocycles. The van der Waals surface area contributed by atoms with Gasteiger partial charge in [0.15, 0.2) is 9.84 Å². The van der Waals surface area contributed by atoms with E-state index in [9.17, 15) is 18.0 Å². The third kappa shape index (κ3) is 5.87. The first-order valence-corrected chi connectivity index (χ1v) is 8.62. The zero-order valence-corrected chi connectivity index (χ0v) is 12.4. The minimum Gasteiger partial charge on any atom is -0.480 e. The molecule has 20 heavy (non-hydrogen) atoms. The van der Waals surface area contributed by atoms with Crippen LogP contribution in [0.15, 0.2) is 0 Å². The topological polar surface area (TPSA) is 113 Å². The highest BCUT2D eigenvalue weighted by molar-refractivity contribution is 7.91. The Morgan fingerprint density at radius 2 is 2.15 bits per heavy atom. The minimum absolute atomic E-state index is 0.0187. The van der Waals surface area contributed by atoms with E-state index in [-0.39, 0.29) is 17.9 Å². The van der Waals surface area contributed by atoms with E-state index >= 15 is 0 Å². The van der Waals surface area contributed by atoms with Gasteiger partial charge in [-0.15, -0.1) is 0 Å². The van der Waals surface area contributed by atoms with Crippen LogP contribution in [-0.4, -0.2) is 55.5 Å². The van der Waals surface area contributed by atoms with E-state index < -0.39 is 33.8 Å². The molecule has 8 heteroatoms. The van der Waals surface area contributed by atoms with Gasteiger partial charge in [0, 0.05) is 19.0 Å². The minimum atomic E-state index is -3.10. The first-order valence-electron chi connectivity index (χ1n) is 6.80. The summed E-state index contributed by atoms with van der Waals surface area (Å²) in [6.07, 6.45) is 1.93. The van der Waals surface area contributed by atoms with Gasteiger partial charge in [-0.05, 0) is 6.42 Å². The standard InChI is InChI=1S/C12H22N2O5S/c1-2-3-4-10(12(16)17)14-11(15)7-9-8-20(18,19)6-5-13-9/h9-10,13H,2-8H2,1H3,(H,14,15)(H,16,17). The number of hydrogen-bond acceptors (Lipinski definition) is 5. The van der Waals surface area contributed by atoms with E-state index in [0.717, 1.165) is 6.42 Å². The normalized spacial score (nSPS) is 22.9. The predicted octanol–water partition coefficient (Wildman–Crippen LogP) is -0.477. The third-order valence-corrected chi connectivity index (χ3v) is 4.95. The average Bonchev–Trinajstić information content (AvgIpc) is 2.32. The molecule has 2 unspecified atom stereocenters. The number of aliphatic carboxylic acids is 1. The number of rotatable bonds is 7. The van der Waals surface area contributed by atoms with E-state index in [1.807, 2.05) is 6.92 Å². The van der Waals surface area contributed by atoms with E-state index in [1.165, 1.54) is 0 Å². The summed E-state index contributed by atoms with van der Waals surface area (Å²) in [5.74, 6) is -1.48. The number of carbonyl (C=O) groups is 2. The maximum Gasteiger partial charge on any atom is 0.326 e. The fourth-order valence-corrected chi connectivity index (χ4v) is 3.59. The van der Waals surface area contributed by atoms with Crippen LogP contribution in [0.1, 0.15) is 32.6 Å². The Bertz CT molecular complexity index is 449. The number of carboxylic acid groups (broad SMARTS) is 1. The maximum absolute atomic E-state index is 11.8. The molecule has 7 nitrogen and oxygen atoms in total. The van der Waals surface area contributed by atoms with Crippen molar-refractivity contribution in [2.75, 3.05) is 18.1 Å². The molecule has 0 radical (unpaired) electrons. The molecule has 0 aromatic rings. The van der Waals surface area contributed by atoms with Crippen molar-refractivity contribution in [3.05, 3.63) is 0 Å². The number of hydrogen-bond donors (Lipinski definition) is 3. The molecular formula is C12H22N2O5S. The van der Waals surface area contributed by atoms with Gasteiger partial charge in [0.1, 0.15) is 6.04 Å². The summed E-state index contributed by atoms with van der Waals surface area (Å²) in [5, 5.41) is 14.4. The van der Waals surface area contributed by atoms with Crippen molar-refractivity contribution in [1.29, 1.82) is 0 Å². The molecule has 1 aliphatic rings. The predicted molar refractivity (Wildman–Crippen MR) is 74.2 cm³/mol. The first kappa shape index (κ1) is 16.9. The lowest BCUT2D eigenvalue weighted by Crippen LogP contribution is -2.49. The van der Waals surface area contributed by atoms with Crippen LogP contribution in [0.5, 0.6) is 0 Å². The largest absolute Gasteiger partial charge is 0.480 e. The molecule has 116 valence electrons. The third-order valence-electron chi connectivity index (χ3n) is 3.21. The van der Waals surface area contributed by atoms with Crippen LogP contribution in [0.2, 0.25) is 0 Å². The highest BCUT2D eigenvalue weighted by Crippen LogP contribution is 2.06. The molecule has 0 spiro atoms. The highest BCUT2D eigenvalue weighted by atomic mass is 32.2. The van der Waals surface area contributed by atoms with Gasteiger partial charge in [-0.1, -0.05) is 19.8 Å². The van der Waals surface area contributed by atoms with Gasteiger partial charge in [-0.25, -0.2) is 13.2 Å². The summed E-state index contributed by atoms with van der Waals surface area (Å²) in [5.41, 5.74) is 0. The first-order chi connectivity index (χ1) is 9.34. The Kier molecular flexibility index (Phi) is 6.41. The fourth-order valence-electron chi connectivity index (χ4n) is 2.14. The van der Waals surface area contributed by atoms with Crippen molar-refractivity contribution in [3.8, 4) is 0 Å². The number of nitrogens with one attached hydrogen (secondary N) is 2. The van der Waals surface area contributed by atoms with E-state index in [0.29, 0.717) is 19.4 Å². The molecule has 1 fully saturated rings. The van der Waals surface area contributed by atoms with E-state index in [4.69, 9.17) is 5.11 Å². The van der Waals surface area contributed by atoms with Crippen molar-refractivity contribution < 1.29 is 23.1 Å². The number of carbonyl (C=O) groups excluding carboxylic acids is 1. The monoisotopic (exact) mass is 306 g/mol. The lowest BCUT2D eigenvalue weighted by Gasteiger charge is -2.24. The highest BCUT2D eigenvalue weighted by Gasteiger charge is 2.27. The molecule has 0 saturated carbocycles. The van der Waals surface area contributed by atoms with Crippen molar-refractivity contribution in [1.82, 2.24) is 10.6 Å². The number of sulfone groups is 1. The molecule has 1 rings (SSSR count). The molecule has 2 atom stereocenters. The van der Waals surface area contributed by atoms with Crippen LogP contribution in [-0.2, 0) is 19.4 Å². The summed E-state index contributed by atoms with van der Waals surface area (Å²) in [6.45, 7) is 2.27. The molecule has 1 aliphatic heterocycles. The van der Waals surface area contributed by atoms with Crippen molar-refractivity contribution in [2.24, 2.45) is 0 Å². The van der Waals surface area contributed by atoms with E-state index in [2.05, 4.69) is 10.6 Å². The summed E-state index contributed by atoms with van der Waals surface area (Å²) in [7, 11) is -3.10. The number of unbranched alkanes of at least 4 members (excludes halogenated alkanes) is 1. The Morgan fingerprint density at radius 3 is 2.70 bits per heavy atom. The van der Waals surface area contributed by atoms with Gasteiger partial charge in [-0.2, -0.15) is 0 Å². The summed E-state index contributed by atoms with van der Waals surface area (Å²) < 4.78 is 22.9. The molecule has 0 aromatic carbocycles. The summed E-state index contributed by atoms with van der Waals surface area (Å²) >= 11 is 0. The lowest BCUT2D eigenvalue weighted by atomic mass is 10.1. The van der Waals surface area contributed by atoms with Crippen LogP contribution in [0.4, 0.5) is 0 Å². The molecule has 1 saturated heterocycles. The van der Waals surface area contributed by atoms with Crippen molar-refractivity contribution >= 4 is 21.7 Å². The van der Waals surface area contributed by atoms with Crippen LogP contribution >= 0.6 is 0 Å². The van der Waals surface area contributed by atoms with Crippen molar-refractivity contribution in [2.45, 2.75) is 44.7 Å². The van der Waals surface area contributed by atoms with Gasteiger partial charge in [0.2, 0.25) is 5.91 Å². The molecule has 1 heterocycles. The number of carboxylic acids is 1. The Morgan fingerprint density at radius 1 is 1.45 bits per heavy atom. The second kappa shape index (κ2) is 7.58. The smallest absolute Gasteiger partial charge is 0.326 e. The van der Waals surface area contributed by atoms with Crippen LogP contribution in [0.25, 0.3) is 0 Å². The summed E-state index contributed by atoms with van der Waals surface area (Å²) in [4.78, 5) is 22.8. The molecule has 1 amide bonds. The Balaban J connectivity index is 2.47. The van der Waals surface area contributed by atoms with Gasteiger partial charge in [0.25, 0.3) is 0 Å². The van der Waals surface area contributed by atoms with Crippen molar-refractivity contribution in [3.63, 3.8) is 0 Å². The van der Waals surface area contributed by atoms with Gasteiger partial charge in [-0.3, -0.25) is 4.79 Å². The molecule has 3 N–H and O–H groups in total. The van der Waals surface area contributed by atoms with Gasteiger partial charge < -0.3 is 15.7 Å². The molecule has 0 bridgehead atoms. The number of amides is 1.